The maximum absolute atomic E-state index is 13.6. The highest BCUT2D eigenvalue weighted by Crippen LogP contribution is 2.25. The van der Waals surface area contributed by atoms with E-state index in [0.717, 1.165) is 11.1 Å². The third kappa shape index (κ3) is 7.51. The van der Waals surface area contributed by atoms with Crippen molar-refractivity contribution < 1.29 is 19.5 Å². The second kappa shape index (κ2) is 14.5. The molecule has 1 aliphatic rings. The summed E-state index contributed by atoms with van der Waals surface area (Å²) in [6.07, 6.45) is 11.7. The second-order valence-electron chi connectivity index (χ2n) is 9.83. The highest BCUT2D eigenvalue weighted by atomic mass is 16.4. The number of hydrogen-bond acceptors (Lipinski definition) is 5. The topological polar surface area (TPSA) is 121 Å². The number of benzene rings is 2. The van der Waals surface area contributed by atoms with Crippen molar-refractivity contribution in [2.75, 3.05) is 6.54 Å². The van der Waals surface area contributed by atoms with Crippen molar-refractivity contribution in [2.24, 2.45) is 0 Å². The van der Waals surface area contributed by atoms with Crippen LogP contribution in [0.4, 0.5) is 0 Å². The van der Waals surface area contributed by atoms with Crippen LogP contribution in [0, 0.1) is 0 Å². The molecule has 0 aliphatic carbocycles. The summed E-state index contributed by atoms with van der Waals surface area (Å²) in [5.41, 5.74) is 1.07. The lowest BCUT2D eigenvalue weighted by Gasteiger charge is -2.24. The quantitative estimate of drug-likeness (QED) is 0.283. The number of hydrogen-bond donors (Lipinski definition) is 3. The number of amides is 2. The zero-order valence-corrected chi connectivity index (χ0v) is 23.4. The molecule has 4 rings (SSSR count). The summed E-state index contributed by atoms with van der Waals surface area (Å²) in [5, 5.41) is 15.4. The predicted octanol–water partition coefficient (Wildman–Crippen LogP) is 4.20. The van der Waals surface area contributed by atoms with Gasteiger partial charge >= 0.3 is 5.97 Å². The first-order valence-corrected chi connectivity index (χ1v) is 13.8. The van der Waals surface area contributed by atoms with E-state index in [9.17, 15) is 24.3 Å². The van der Waals surface area contributed by atoms with Gasteiger partial charge in [0.15, 0.2) is 0 Å². The summed E-state index contributed by atoms with van der Waals surface area (Å²) in [4.78, 5) is 52.6. The fraction of sp³-hybridized carbons (Fsp3) is 0.212. The van der Waals surface area contributed by atoms with E-state index in [1.807, 2.05) is 78.9 Å². The molecular weight excluding hydrogens is 532 g/mol. The summed E-state index contributed by atoms with van der Waals surface area (Å²) < 4.78 is 1.49. The lowest BCUT2D eigenvalue weighted by molar-refractivity contribution is -0.139. The van der Waals surface area contributed by atoms with Gasteiger partial charge in [0, 0.05) is 25.9 Å². The molecule has 216 valence electrons. The van der Waals surface area contributed by atoms with Crippen LogP contribution in [0.2, 0.25) is 0 Å². The Labute approximate surface area is 244 Å². The average Bonchev–Trinajstić information content (AvgIpc) is 3.28. The first-order valence-electron chi connectivity index (χ1n) is 13.8. The molecule has 0 bridgehead atoms. The van der Waals surface area contributed by atoms with Crippen LogP contribution in [-0.2, 0) is 9.59 Å². The largest absolute Gasteiger partial charge is 0.480 e. The molecular formula is C33H34N4O5. The van der Waals surface area contributed by atoms with Crippen LogP contribution in [0.25, 0.3) is 0 Å². The summed E-state index contributed by atoms with van der Waals surface area (Å²) >= 11 is 0. The predicted molar refractivity (Wildman–Crippen MR) is 160 cm³/mol. The van der Waals surface area contributed by atoms with Crippen LogP contribution in [0.5, 0.6) is 0 Å². The molecule has 2 aromatic carbocycles. The van der Waals surface area contributed by atoms with Crippen LogP contribution in [-0.4, -0.2) is 44.9 Å². The highest BCUT2D eigenvalue weighted by molar-refractivity contribution is 5.96. The third-order valence-electron chi connectivity index (χ3n) is 6.93. The van der Waals surface area contributed by atoms with E-state index in [2.05, 4.69) is 10.6 Å². The molecule has 0 fully saturated rings. The Bertz CT molecular complexity index is 1500. The van der Waals surface area contributed by atoms with E-state index in [-0.39, 0.29) is 17.9 Å². The molecule has 3 aromatic rings. The normalized spacial score (nSPS) is 13.0. The molecule has 0 spiro atoms. The molecule has 9 nitrogen and oxygen atoms in total. The van der Waals surface area contributed by atoms with Crippen molar-refractivity contribution in [3.05, 3.63) is 142 Å². The van der Waals surface area contributed by atoms with Gasteiger partial charge in [0.25, 0.3) is 11.5 Å². The zero-order valence-electron chi connectivity index (χ0n) is 23.4. The maximum Gasteiger partial charge on any atom is 0.326 e. The lowest BCUT2D eigenvalue weighted by Crippen LogP contribution is -2.43. The van der Waals surface area contributed by atoms with Gasteiger partial charge in [-0.1, -0.05) is 72.8 Å². The van der Waals surface area contributed by atoms with Gasteiger partial charge in [-0.25, -0.2) is 4.79 Å². The fourth-order valence-corrected chi connectivity index (χ4v) is 4.85. The summed E-state index contributed by atoms with van der Waals surface area (Å²) in [7, 11) is 0. The number of carbonyl (C=O) groups is 3. The molecule has 0 radical (unpaired) electrons. The highest BCUT2D eigenvalue weighted by Gasteiger charge is 2.25. The number of nitrogens with zero attached hydrogens (tertiary/aromatic N) is 2. The summed E-state index contributed by atoms with van der Waals surface area (Å²) in [6.45, 7) is 1.84. The van der Waals surface area contributed by atoms with Crippen molar-refractivity contribution in [3.63, 3.8) is 0 Å². The maximum atomic E-state index is 13.6. The van der Waals surface area contributed by atoms with Gasteiger partial charge in [-0.05, 0) is 54.7 Å². The number of carbonyl (C=O) groups excluding carboxylic acids is 2. The number of nitrogens with one attached hydrogen (secondary N) is 2. The number of unbranched alkanes of at least 4 members (excludes halogenated alkanes) is 1. The Morgan fingerprint density at radius 1 is 0.905 bits per heavy atom. The minimum absolute atomic E-state index is 0.136. The van der Waals surface area contributed by atoms with Gasteiger partial charge in [-0.15, -0.1) is 0 Å². The molecule has 2 amide bonds. The number of rotatable bonds is 12. The van der Waals surface area contributed by atoms with Crippen molar-refractivity contribution in [3.8, 4) is 0 Å². The number of allylic oxidation sites excluding steroid dienone is 4. The van der Waals surface area contributed by atoms with Crippen molar-refractivity contribution in [1.82, 2.24) is 20.1 Å². The van der Waals surface area contributed by atoms with Gasteiger partial charge in [-0.2, -0.15) is 0 Å². The lowest BCUT2D eigenvalue weighted by atomic mass is 9.98. The van der Waals surface area contributed by atoms with Crippen molar-refractivity contribution in [2.45, 2.75) is 38.3 Å². The van der Waals surface area contributed by atoms with E-state index >= 15 is 0 Å². The Morgan fingerprint density at radius 2 is 1.57 bits per heavy atom. The molecule has 2 heterocycles. The van der Waals surface area contributed by atoms with E-state index in [0.29, 0.717) is 25.2 Å². The van der Waals surface area contributed by atoms with Crippen LogP contribution in [0.1, 0.15) is 53.7 Å². The molecule has 1 aromatic heterocycles. The van der Waals surface area contributed by atoms with Gasteiger partial charge < -0.3 is 20.3 Å². The fourth-order valence-electron chi connectivity index (χ4n) is 4.85. The van der Waals surface area contributed by atoms with Crippen LogP contribution < -0.4 is 16.2 Å². The minimum atomic E-state index is -1.20. The number of carboxylic acid groups (broad SMARTS) is 1. The molecule has 1 aliphatic heterocycles. The third-order valence-corrected chi connectivity index (χ3v) is 6.93. The SMILES string of the molecule is CC(=O)N(CCCC[C@H](NC(=O)c1cccn(C(c2ccccc2)c2ccccc2)c1=O)C(=O)O)C1=CC=CC=CN1. The average molecular weight is 567 g/mol. The Balaban J connectivity index is 1.47. The Hall–Kier alpha value is -5.18. The molecule has 3 N–H and O–H groups in total. The molecule has 0 saturated carbocycles. The standard InChI is InChI=1S/C33H34N4O5/c1-24(38)36(29-20-9-4-11-21-34-29)22-12-10-19-28(33(41)42)35-31(39)27-18-13-23-37(32(27)40)30(25-14-5-2-6-15-25)26-16-7-3-8-17-26/h2-9,11,13-18,20-21,23,28,30,34H,10,12,19,22H2,1H3,(H,35,39)(H,41,42)/t28-/m0/s1. The monoisotopic (exact) mass is 566 g/mol. The van der Waals surface area contributed by atoms with E-state index in [1.54, 1.807) is 29.4 Å². The Morgan fingerprint density at radius 3 is 2.19 bits per heavy atom. The minimum Gasteiger partial charge on any atom is -0.480 e. The number of aliphatic carboxylic acids is 1. The van der Waals surface area contributed by atoms with Gasteiger partial charge in [-0.3, -0.25) is 19.3 Å². The zero-order chi connectivity index (χ0) is 29.9. The molecule has 1 atom stereocenters. The smallest absolute Gasteiger partial charge is 0.326 e. The van der Waals surface area contributed by atoms with E-state index in [1.165, 1.54) is 17.6 Å². The van der Waals surface area contributed by atoms with Gasteiger partial charge in [0.2, 0.25) is 5.91 Å². The number of aromatic nitrogens is 1. The molecule has 9 heteroatoms. The number of pyridine rings is 1. The van der Waals surface area contributed by atoms with E-state index < -0.39 is 29.5 Å². The first kappa shape index (κ1) is 29.8. The second-order valence-corrected chi connectivity index (χ2v) is 9.83. The van der Waals surface area contributed by atoms with Crippen molar-refractivity contribution >= 4 is 17.8 Å². The Kier molecular flexibility index (Phi) is 10.3. The van der Waals surface area contributed by atoms with Gasteiger partial charge in [0.05, 0.1) is 6.04 Å². The van der Waals surface area contributed by atoms with Crippen LogP contribution >= 0.6 is 0 Å². The molecule has 0 unspecified atom stereocenters. The molecule has 42 heavy (non-hydrogen) atoms. The summed E-state index contributed by atoms with van der Waals surface area (Å²) in [5.74, 6) is -1.47. The summed E-state index contributed by atoms with van der Waals surface area (Å²) in [6, 6.07) is 20.3. The molecule has 0 saturated heterocycles. The van der Waals surface area contributed by atoms with Crippen molar-refractivity contribution in [1.29, 1.82) is 0 Å². The number of carboxylic acids is 1. The van der Waals surface area contributed by atoms with Crippen LogP contribution in [0.15, 0.2) is 120 Å². The first-order chi connectivity index (χ1) is 20.4. The van der Waals surface area contributed by atoms with E-state index in [4.69, 9.17) is 0 Å². The van der Waals surface area contributed by atoms with Gasteiger partial charge in [0.1, 0.15) is 17.4 Å². The van der Waals surface area contributed by atoms with Crippen LogP contribution in [0.3, 0.4) is 0 Å².